The Bertz CT molecular complexity index is 783. The summed E-state index contributed by atoms with van der Waals surface area (Å²) in [5.41, 5.74) is 2.90. The third-order valence-corrected chi connectivity index (χ3v) is 3.29. The molecule has 3 aromatic rings. The van der Waals surface area contributed by atoms with Crippen molar-refractivity contribution in [3.8, 4) is 5.75 Å². The first-order chi connectivity index (χ1) is 8.76. The van der Waals surface area contributed by atoms with Crippen LogP contribution in [-0.2, 0) is 6.42 Å². The summed E-state index contributed by atoms with van der Waals surface area (Å²) in [7, 11) is 1.61. The molecule has 3 rings (SSSR count). The number of rotatable bonds is 2. The summed E-state index contributed by atoms with van der Waals surface area (Å²) < 4.78 is 5.36. The van der Waals surface area contributed by atoms with Crippen LogP contribution in [0.1, 0.15) is 12.6 Å². The van der Waals surface area contributed by atoms with E-state index in [4.69, 9.17) is 4.74 Å². The minimum atomic E-state index is 0.0188. The van der Waals surface area contributed by atoms with Gasteiger partial charge in [-0.1, -0.05) is 13.0 Å². The zero-order valence-electron chi connectivity index (χ0n) is 10.3. The lowest BCUT2D eigenvalue weighted by Gasteiger charge is -2.05. The van der Waals surface area contributed by atoms with Crippen molar-refractivity contribution >= 4 is 21.8 Å². The second-order valence-electron chi connectivity index (χ2n) is 4.24. The van der Waals surface area contributed by atoms with Crippen molar-refractivity contribution < 1.29 is 4.74 Å². The topological polar surface area (TPSA) is 57.9 Å². The van der Waals surface area contributed by atoms with Gasteiger partial charge in [-0.05, 0) is 18.6 Å². The summed E-state index contributed by atoms with van der Waals surface area (Å²) in [5, 5.41) is 1.57. The molecule has 0 saturated carbocycles. The number of fused-ring (bicyclic) bond motifs is 3. The maximum atomic E-state index is 12.0. The molecule has 92 valence electrons. The molecule has 0 bridgehead atoms. The van der Waals surface area contributed by atoms with E-state index in [0.717, 1.165) is 28.5 Å². The van der Waals surface area contributed by atoms with Gasteiger partial charge in [0.25, 0.3) is 0 Å². The van der Waals surface area contributed by atoms with Gasteiger partial charge in [0.1, 0.15) is 5.75 Å². The number of hydrogen-bond acceptors (Lipinski definition) is 2. The second-order valence-corrected chi connectivity index (χ2v) is 4.24. The number of pyridine rings is 1. The molecule has 0 aliphatic rings. The van der Waals surface area contributed by atoms with Gasteiger partial charge < -0.3 is 14.7 Å². The van der Waals surface area contributed by atoms with E-state index in [0.29, 0.717) is 11.1 Å². The molecule has 0 saturated heterocycles. The lowest BCUT2D eigenvalue weighted by atomic mass is 10.1. The van der Waals surface area contributed by atoms with E-state index in [1.165, 1.54) is 0 Å². The SMILES string of the molecule is CCc1[nH]cc(OC)c2c1[nH]c1cccc(=O)c12. The van der Waals surface area contributed by atoms with Gasteiger partial charge in [0.15, 0.2) is 5.43 Å². The van der Waals surface area contributed by atoms with E-state index in [2.05, 4.69) is 16.9 Å². The third kappa shape index (κ3) is 1.35. The van der Waals surface area contributed by atoms with E-state index in [-0.39, 0.29) is 5.43 Å². The predicted molar refractivity (Wildman–Crippen MR) is 72.4 cm³/mol. The van der Waals surface area contributed by atoms with Crippen LogP contribution < -0.4 is 10.2 Å². The number of nitrogens with one attached hydrogen (secondary N) is 2. The smallest absolute Gasteiger partial charge is 0.188 e. The first-order valence-electron chi connectivity index (χ1n) is 5.95. The van der Waals surface area contributed by atoms with Gasteiger partial charge in [-0.2, -0.15) is 0 Å². The summed E-state index contributed by atoms with van der Waals surface area (Å²) >= 11 is 0. The highest BCUT2D eigenvalue weighted by molar-refractivity contribution is 6.10. The number of hydrogen-bond donors (Lipinski definition) is 2. The number of methoxy groups -OCH3 is 1. The average molecular weight is 242 g/mol. The predicted octanol–water partition coefficient (Wildman–Crippen LogP) is 2.58. The van der Waals surface area contributed by atoms with Gasteiger partial charge in [0.05, 0.1) is 28.9 Å². The standard InChI is InChI=1S/C14H14N2O2/c1-3-8-14-13(11(18-2)7-15-8)12-9(16-14)5-4-6-10(12)17/h4-7,15-16H,3H2,1-2H3. The molecule has 2 N–H and O–H groups in total. The highest BCUT2D eigenvalue weighted by atomic mass is 16.5. The fraction of sp³-hybridized carbons (Fsp3) is 0.214. The average Bonchev–Trinajstić information content (AvgIpc) is 2.78. The molecule has 0 spiro atoms. The number of ether oxygens (including phenoxy) is 1. The van der Waals surface area contributed by atoms with E-state index >= 15 is 0 Å². The van der Waals surface area contributed by atoms with Crippen LogP contribution in [-0.4, -0.2) is 17.1 Å². The molecule has 0 aliphatic carbocycles. The summed E-state index contributed by atoms with van der Waals surface area (Å²) in [6, 6.07) is 5.26. The first kappa shape index (κ1) is 10.9. The van der Waals surface area contributed by atoms with E-state index in [1.54, 1.807) is 25.4 Å². The van der Waals surface area contributed by atoms with E-state index < -0.39 is 0 Å². The number of aryl methyl sites for hydroxylation is 1. The van der Waals surface area contributed by atoms with Crippen LogP contribution in [0.4, 0.5) is 0 Å². The van der Waals surface area contributed by atoms with Crippen LogP contribution in [0.25, 0.3) is 21.8 Å². The summed E-state index contributed by atoms with van der Waals surface area (Å²) in [4.78, 5) is 18.5. The molecule has 0 radical (unpaired) electrons. The highest BCUT2D eigenvalue weighted by Gasteiger charge is 2.14. The van der Waals surface area contributed by atoms with Gasteiger partial charge in [-0.3, -0.25) is 4.79 Å². The Balaban J connectivity index is 2.62. The van der Waals surface area contributed by atoms with Gasteiger partial charge in [0.2, 0.25) is 0 Å². The second kappa shape index (κ2) is 3.91. The van der Waals surface area contributed by atoms with Crippen molar-refractivity contribution in [3.63, 3.8) is 0 Å². The zero-order valence-corrected chi connectivity index (χ0v) is 10.3. The number of benzene rings is 1. The maximum Gasteiger partial charge on any atom is 0.188 e. The van der Waals surface area contributed by atoms with Crippen molar-refractivity contribution in [3.05, 3.63) is 40.3 Å². The Morgan fingerprint density at radius 2 is 2.11 bits per heavy atom. The van der Waals surface area contributed by atoms with Crippen molar-refractivity contribution in [2.45, 2.75) is 13.3 Å². The van der Waals surface area contributed by atoms with Gasteiger partial charge >= 0.3 is 0 Å². The molecule has 2 heterocycles. The minimum Gasteiger partial charge on any atom is -0.494 e. The highest BCUT2D eigenvalue weighted by Crippen LogP contribution is 2.32. The molecule has 4 heteroatoms. The molecule has 4 nitrogen and oxygen atoms in total. The van der Waals surface area contributed by atoms with Crippen molar-refractivity contribution in [1.29, 1.82) is 0 Å². The van der Waals surface area contributed by atoms with Crippen LogP contribution in [0.2, 0.25) is 0 Å². The van der Waals surface area contributed by atoms with Crippen molar-refractivity contribution in [2.24, 2.45) is 0 Å². The minimum absolute atomic E-state index is 0.0188. The number of aromatic nitrogens is 2. The van der Waals surface area contributed by atoms with Crippen molar-refractivity contribution in [2.75, 3.05) is 7.11 Å². The lowest BCUT2D eigenvalue weighted by molar-refractivity contribution is 0.418. The largest absolute Gasteiger partial charge is 0.494 e. The quantitative estimate of drug-likeness (QED) is 0.725. The first-order valence-corrected chi connectivity index (χ1v) is 5.95. The molecule has 0 fully saturated rings. The Morgan fingerprint density at radius 1 is 1.28 bits per heavy atom. The Kier molecular flexibility index (Phi) is 2.37. The normalized spacial score (nSPS) is 11.2. The fourth-order valence-electron chi connectivity index (χ4n) is 2.42. The van der Waals surface area contributed by atoms with Crippen LogP contribution in [0.15, 0.2) is 29.2 Å². The molecule has 0 atom stereocenters. The zero-order chi connectivity index (χ0) is 12.7. The lowest BCUT2D eigenvalue weighted by Crippen LogP contribution is -1.98. The number of aromatic amines is 2. The summed E-state index contributed by atoms with van der Waals surface area (Å²) in [5.74, 6) is 0.691. The molecule has 0 amide bonds. The van der Waals surface area contributed by atoms with Gasteiger partial charge in [-0.25, -0.2) is 0 Å². The van der Waals surface area contributed by atoms with Crippen LogP contribution in [0, 0.1) is 0 Å². The fourth-order valence-corrected chi connectivity index (χ4v) is 2.42. The molecule has 2 aromatic heterocycles. The molecule has 1 aromatic carbocycles. The van der Waals surface area contributed by atoms with Crippen LogP contribution in [0.5, 0.6) is 5.75 Å². The third-order valence-electron chi connectivity index (χ3n) is 3.29. The summed E-state index contributed by atoms with van der Waals surface area (Å²) in [6.07, 6.45) is 2.67. The molecule has 0 unspecified atom stereocenters. The van der Waals surface area contributed by atoms with Gasteiger partial charge in [-0.15, -0.1) is 0 Å². The van der Waals surface area contributed by atoms with E-state index in [1.807, 2.05) is 6.07 Å². The Morgan fingerprint density at radius 3 is 2.83 bits per heavy atom. The Labute approximate surface area is 104 Å². The van der Waals surface area contributed by atoms with Gasteiger partial charge in [0, 0.05) is 11.9 Å². The van der Waals surface area contributed by atoms with E-state index in [9.17, 15) is 4.79 Å². The maximum absolute atomic E-state index is 12.0. The molecular formula is C14H14N2O2. The number of H-pyrrole nitrogens is 2. The van der Waals surface area contributed by atoms with Crippen molar-refractivity contribution in [1.82, 2.24) is 9.97 Å². The van der Waals surface area contributed by atoms with Crippen LogP contribution in [0.3, 0.4) is 0 Å². The van der Waals surface area contributed by atoms with Crippen LogP contribution >= 0.6 is 0 Å². The monoisotopic (exact) mass is 242 g/mol. The molecule has 0 aliphatic heterocycles. The Hall–Kier alpha value is -2.23. The molecule has 18 heavy (non-hydrogen) atoms. The molecular weight excluding hydrogens is 228 g/mol. The summed E-state index contributed by atoms with van der Waals surface area (Å²) in [6.45, 7) is 2.07.